The normalized spacial score (nSPS) is 38.5. The van der Waals surface area contributed by atoms with E-state index in [1.807, 2.05) is 58.0 Å². The van der Waals surface area contributed by atoms with Crippen LogP contribution in [0.5, 0.6) is 0 Å². The molecule has 0 spiro atoms. The Kier molecular flexibility index (Phi) is 14.1. The smallest absolute Gasteiger partial charge is 0.306 e. The molecule has 0 saturated carbocycles. The molecule has 1 aromatic rings. The maximum absolute atomic E-state index is 13.2. The first-order chi connectivity index (χ1) is 23.1. The van der Waals surface area contributed by atoms with Crippen molar-refractivity contribution in [1.82, 2.24) is 0 Å². The molecule has 4 saturated heterocycles. The maximum atomic E-state index is 13.2. The molecule has 10 nitrogen and oxygen atoms in total. The number of rotatable bonds is 7. The molecule has 10 heteroatoms. The van der Waals surface area contributed by atoms with Crippen molar-refractivity contribution in [2.24, 2.45) is 0 Å². The molecule has 4 aliphatic heterocycles. The van der Waals surface area contributed by atoms with E-state index in [2.05, 4.69) is 6.92 Å². The lowest BCUT2D eigenvalue weighted by Gasteiger charge is -2.47. The number of benzene rings is 1. The van der Waals surface area contributed by atoms with Gasteiger partial charge in [0.2, 0.25) is 0 Å². The Hall–Kier alpha value is -1.63. The van der Waals surface area contributed by atoms with Crippen LogP contribution >= 0.6 is 0 Å². The Labute approximate surface area is 287 Å². The first-order valence-corrected chi connectivity index (χ1v) is 18.7. The fraction of sp³-hybridized carbons (Fsp3) is 0.816. The Bertz CT molecular complexity index is 1100. The molecule has 2 bridgehead atoms. The average molecular weight is 677 g/mol. The van der Waals surface area contributed by atoms with Gasteiger partial charge in [0.1, 0.15) is 30.5 Å². The second kappa shape index (κ2) is 18.0. The van der Waals surface area contributed by atoms with E-state index in [0.717, 1.165) is 76.2 Å². The lowest BCUT2D eigenvalue weighted by Crippen LogP contribution is -2.63. The summed E-state index contributed by atoms with van der Waals surface area (Å²) in [5.74, 6) is -1.28. The molecule has 4 fully saturated rings. The number of ether oxygens (including phenoxy) is 8. The predicted octanol–water partition coefficient (Wildman–Crippen LogP) is 6.73. The zero-order valence-corrected chi connectivity index (χ0v) is 29.8. The summed E-state index contributed by atoms with van der Waals surface area (Å²) in [6.45, 7) is 10.0. The number of carbonyl (C=O) groups is 1. The van der Waals surface area contributed by atoms with E-state index in [1.54, 1.807) is 0 Å². The minimum absolute atomic E-state index is 0.0686. The van der Waals surface area contributed by atoms with Gasteiger partial charge in [0, 0.05) is 6.42 Å². The van der Waals surface area contributed by atoms with Crippen LogP contribution in [0.3, 0.4) is 0 Å². The number of esters is 1. The molecule has 1 N–H and O–H groups in total. The molecular weight excluding hydrogens is 616 g/mol. The van der Waals surface area contributed by atoms with Crippen LogP contribution in [0.2, 0.25) is 0 Å². The molecule has 0 aromatic heterocycles. The Morgan fingerprint density at radius 3 is 2.21 bits per heavy atom. The summed E-state index contributed by atoms with van der Waals surface area (Å²) >= 11 is 0. The maximum Gasteiger partial charge on any atom is 0.306 e. The Morgan fingerprint density at radius 1 is 0.792 bits per heavy atom. The van der Waals surface area contributed by atoms with Crippen LogP contribution in [-0.4, -0.2) is 84.4 Å². The van der Waals surface area contributed by atoms with Crippen molar-refractivity contribution in [3.63, 3.8) is 0 Å². The van der Waals surface area contributed by atoms with Gasteiger partial charge in [0.15, 0.2) is 24.5 Å². The van der Waals surface area contributed by atoms with Crippen molar-refractivity contribution in [2.45, 2.75) is 198 Å². The van der Waals surface area contributed by atoms with Crippen molar-refractivity contribution >= 4 is 5.97 Å². The van der Waals surface area contributed by atoms with Crippen LogP contribution in [-0.2, 0) is 49.3 Å². The summed E-state index contributed by atoms with van der Waals surface area (Å²) in [6.07, 6.45) is 5.57. The highest BCUT2D eigenvalue weighted by molar-refractivity contribution is 5.69. The molecule has 11 atom stereocenters. The van der Waals surface area contributed by atoms with Gasteiger partial charge in [-0.05, 0) is 52.5 Å². The lowest BCUT2D eigenvalue weighted by molar-refractivity contribution is -0.349. The van der Waals surface area contributed by atoms with Gasteiger partial charge in [-0.25, -0.2) is 0 Å². The molecule has 0 radical (unpaired) electrons. The summed E-state index contributed by atoms with van der Waals surface area (Å²) in [6, 6.07) is 9.75. The standard InChI is InChI=1S/C38H60O10/c1-6-7-14-21-28-22-17-11-9-8-10-12-18-23-29(39)45-33-30(40)31(41-24-27-19-15-13-16-20-27)25(2)42-36(33)46-32-26(3)43-37(44-28)35-34(32)47-38(4,5)48-35/h13,15-16,19-20,25-26,28,30-37,40H,6-12,14,17-18,21-24H2,1-5H3/t25-,26-,28-,30+,31-,32-,33+,34+,35+,36-,37-/m0/s1. The van der Waals surface area contributed by atoms with E-state index < -0.39 is 73.2 Å². The van der Waals surface area contributed by atoms with Crippen molar-refractivity contribution in [1.29, 1.82) is 0 Å². The van der Waals surface area contributed by atoms with Crippen molar-refractivity contribution in [3.8, 4) is 0 Å². The Morgan fingerprint density at radius 2 is 1.46 bits per heavy atom. The zero-order chi connectivity index (χ0) is 34.1. The van der Waals surface area contributed by atoms with Gasteiger partial charge in [-0.3, -0.25) is 4.79 Å². The quantitative estimate of drug-likeness (QED) is 0.247. The van der Waals surface area contributed by atoms with Gasteiger partial charge in [-0.2, -0.15) is 0 Å². The number of unbranched alkanes of at least 4 members (excludes halogenated alkanes) is 2. The third-order valence-electron chi connectivity index (χ3n) is 10.0. The molecule has 0 amide bonds. The van der Waals surface area contributed by atoms with E-state index in [9.17, 15) is 9.90 Å². The number of hydrogen-bond acceptors (Lipinski definition) is 10. The average Bonchev–Trinajstić information content (AvgIpc) is 3.38. The van der Waals surface area contributed by atoms with Gasteiger partial charge in [-0.15, -0.1) is 0 Å². The molecule has 4 heterocycles. The van der Waals surface area contributed by atoms with Gasteiger partial charge in [0.05, 0.1) is 24.9 Å². The summed E-state index contributed by atoms with van der Waals surface area (Å²) in [5.41, 5.74) is 0.966. The first kappa shape index (κ1) is 37.6. The van der Waals surface area contributed by atoms with Crippen LogP contribution in [0.1, 0.15) is 124 Å². The zero-order valence-electron chi connectivity index (χ0n) is 29.8. The second-order valence-electron chi connectivity index (χ2n) is 14.6. The van der Waals surface area contributed by atoms with E-state index in [4.69, 9.17) is 37.9 Å². The third-order valence-corrected chi connectivity index (χ3v) is 10.0. The van der Waals surface area contributed by atoms with Crippen molar-refractivity contribution in [3.05, 3.63) is 35.9 Å². The van der Waals surface area contributed by atoms with Crippen LogP contribution in [0.15, 0.2) is 30.3 Å². The van der Waals surface area contributed by atoms with Crippen LogP contribution in [0.25, 0.3) is 0 Å². The third kappa shape index (κ3) is 10.2. The summed E-state index contributed by atoms with van der Waals surface area (Å²) in [4.78, 5) is 13.2. The van der Waals surface area contributed by atoms with Gasteiger partial charge in [-0.1, -0.05) is 95.0 Å². The number of carbonyl (C=O) groups excluding carboxylic acids is 1. The van der Waals surface area contributed by atoms with Crippen molar-refractivity contribution in [2.75, 3.05) is 0 Å². The van der Waals surface area contributed by atoms with E-state index in [1.165, 1.54) is 6.42 Å². The van der Waals surface area contributed by atoms with Gasteiger partial charge in [0.25, 0.3) is 0 Å². The number of aliphatic hydroxyl groups is 1. The number of aliphatic hydroxyl groups excluding tert-OH is 1. The van der Waals surface area contributed by atoms with Gasteiger partial charge >= 0.3 is 5.97 Å². The first-order valence-electron chi connectivity index (χ1n) is 18.7. The molecule has 4 aliphatic rings. The summed E-state index contributed by atoms with van der Waals surface area (Å²) in [7, 11) is 0. The van der Waals surface area contributed by atoms with Crippen molar-refractivity contribution < 1.29 is 47.8 Å². The van der Waals surface area contributed by atoms with Crippen LogP contribution in [0.4, 0.5) is 0 Å². The molecule has 0 unspecified atom stereocenters. The van der Waals surface area contributed by atoms with E-state index in [0.29, 0.717) is 0 Å². The molecule has 0 aliphatic carbocycles. The predicted molar refractivity (Wildman–Crippen MR) is 179 cm³/mol. The fourth-order valence-electron chi connectivity index (χ4n) is 7.42. The topological polar surface area (TPSA) is 111 Å². The summed E-state index contributed by atoms with van der Waals surface area (Å²) < 4.78 is 51.4. The number of hydrogen-bond donors (Lipinski definition) is 1. The highest BCUT2D eigenvalue weighted by Crippen LogP contribution is 2.41. The fourth-order valence-corrected chi connectivity index (χ4v) is 7.42. The molecule has 272 valence electrons. The monoisotopic (exact) mass is 676 g/mol. The minimum Gasteiger partial charge on any atom is -0.454 e. The largest absolute Gasteiger partial charge is 0.454 e. The molecular formula is C38H60O10. The lowest BCUT2D eigenvalue weighted by atomic mass is 9.97. The van der Waals surface area contributed by atoms with Gasteiger partial charge < -0.3 is 43.0 Å². The molecule has 1 aromatic carbocycles. The summed E-state index contributed by atoms with van der Waals surface area (Å²) in [5, 5.41) is 11.7. The van der Waals surface area contributed by atoms with E-state index in [-0.39, 0.29) is 19.1 Å². The van der Waals surface area contributed by atoms with Crippen LogP contribution in [0, 0.1) is 0 Å². The molecule has 5 rings (SSSR count). The highest BCUT2D eigenvalue weighted by atomic mass is 16.8. The minimum atomic E-state index is -1.18. The second-order valence-corrected chi connectivity index (χ2v) is 14.6. The van der Waals surface area contributed by atoms with Crippen LogP contribution < -0.4 is 0 Å². The SMILES string of the molecule is CCCCC[C@H]1CCCCCCCCCC(=O)O[C@H]2[C@H](O[C@@H]3[C@H]4OC(C)(C)O[C@H]4[C@H](O1)O[C@H]3C)O[C@@H](C)[C@H](OCc1ccccc1)[C@H]2O. The number of fused-ring (bicyclic) bond motifs is 1. The molecule has 48 heavy (non-hydrogen) atoms. The highest BCUT2D eigenvalue weighted by Gasteiger charge is 2.58. The Balaban J connectivity index is 1.37. The van der Waals surface area contributed by atoms with E-state index >= 15 is 0 Å².